The van der Waals surface area contributed by atoms with E-state index in [1.54, 1.807) is 24.3 Å². The number of carbonyl (C=O) groups excluding carboxylic acids is 1. The fraction of sp³-hybridized carbons (Fsp3) is 0.500. The second-order valence-electron chi connectivity index (χ2n) is 4.23. The Kier molecular flexibility index (Phi) is 8.02. The average Bonchev–Trinajstić information content (AvgIpc) is 2.48. The first kappa shape index (κ1) is 17.3. The average molecular weight is 359 g/mol. The number of hydrogen-bond donors (Lipinski definition) is 0. The molecule has 1 atom stereocenters. The third-order valence-electron chi connectivity index (χ3n) is 3.03. The Balaban J connectivity index is 2.55. The molecule has 0 bridgehead atoms. The minimum atomic E-state index is -0.855. The van der Waals surface area contributed by atoms with Gasteiger partial charge in [-0.3, -0.25) is 4.79 Å². The van der Waals surface area contributed by atoms with Gasteiger partial charge in [0.25, 0.3) is 0 Å². The lowest BCUT2D eigenvalue weighted by atomic mass is 10.1. The Labute approximate surface area is 132 Å². The first-order chi connectivity index (χ1) is 9.62. The van der Waals surface area contributed by atoms with E-state index in [4.69, 9.17) is 0 Å². The van der Waals surface area contributed by atoms with Crippen LogP contribution in [0.2, 0.25) is 0 Å². The predicted molar refractivity (Wildman–Crippen MR) is 88.3 cm³/mol. The van der Waals surface area contributed by atoms with Gasteiger partial charge in [-0.05, 0) is 30.4 Å². The number of Topliss-reactive ketones (excluding diaryl/α,β-unsaturated/α-hetero) is 1. The van der Waals surface area contributed by atoms with Gasteiger partial charge >= 0.3 is 0 Å². The third kappa shape index (κ3) is 5.34. The van der Waals surface area contributed by atoms with E-state index in [1.807, 2.05) is 0 Å². The van der Waals surface area contributed by atoms with E-state index >= 15 is 0 Å². The molecule has 0 aliphatic heterocycles. The lowest BCUT2D eigenvalue weighted by Crippen LogP contribution is -2.26. The molecule has 20 heavy (non-hydrogen) atoms. The Hall–Kier alpha value is -0.720. The molecule has 1 unspecified atom stereocenters. The van der Waals surface area contributed by atoms with Gasteiger partial charge in [-0.1, -0.05) is 41.9 Å². The van der Waals surface area contributed by atoms with E-state index in [9.17, 15) is 9.70 Å². The van der Waals surface area contributed by atoms with Crippen LogP contribution in [0.1, 0.15) is 24.2 Å². The van der Waals surface area contributed by atoms with Crippen molar-refractivity contribution in [2.75, 3.05) is 25.4 Å². The second kappa shape index (κ2) is 9.26. The largest absolute Gasteiger partial charge is 0.303 e. The first-order valence-corrected chi connectivity index (χ1v) is 8.42. The normalized spacial score (nSPS) is 12.4. The Morgan fingerprint density at radius 2 is 1.90 bits per heavy atom. The molecule has 1 aromatic carbocycles. The molecule has 0 heterocycles. The van der Waals surface area contributed by atoms with Crippen LogP contribution in [-0.2, 0) is 0 Å². The molecule has 0 aliphatic rings. The number of thioether (sulfide) groups is 1. The number of halogens is 1. The van der Waals surface area contributed by atoms with E-state index in [0.29, 0.717) is 5.56 Å². The molecule has 0 saturated heterocycles. The zero-order valence-corrected chi connectivity index (χ0v) is 14.1. The summed E-state index contributed by atoms with van der Waals surface area (Å²) in [5, 5.41) is 2.11. The molecular weight excluding hydrogens is 340 g/mol. The predicted octanol–water partition coefficient (Wildman–Crippen LogP) is 3.80. The number of carbonyl (C=O) groups is 1. The van der Waals surface area contributed by atoms with Crippen molar-refractivity contribution in [2.45, 2.75) is 19.2 Å². The highest BCUT2D eigenvalue weighted by molar-refractivity contribution is 9.10. The minimum absolute atomic E-state index is 0.225. The van der Waals surface area contributed by atoms with E-state index in [2.05, 4.69) is 39.9 Å². The van der Waals surface area contributed by atoms with E-state index < -0.39 is 5.37 Å². The summed E-state index contributed by atoms with van der Waals surface area (Å²) in [7, 11) is 0. The van der Waals surface area contributed by atoms with Crippen molar-refractivity contribution in [2.24, 2.45) is 5.18 Å². The van der Waals surface area contributed by atoms with Gasteiger partial charge in [0.15, 0.2) is 5.37 Å². The fourth-order valence-corrected chi connectivity index (χ4v) is 2.94. The summed E-state index contributed by atoms with van der Waals surface area (Å²) in [5.41, 5.74) is 0.521. The topological polar surface area (TPSA) is 49.7 Å². The molecule has 110 valence electrons. The minimum Gasteiger partial charge on any atom is -0.303 e. The lowest BCUT2D eigenvalue weighted by molar-refractivity contribution is 0.0991. The highest BCUT2D eigenvalue weighted by atomic mass is 79.9. The molecule has 0 amide bonds. The van der Waals surface area contributed by atoms with Gasteiger partial charge in [0.2, 0.25) is 5.78 Å². The van der Waals surface area contributed by atoms with Crippen LogP contribution >= 0.6 is 27.7 Å². The molecule has 0 radical (unpaired) electrons. The van der Waals surface area contributed by atoms with Crippen molar-refractivity contribution in [1.29, 1.82) is 0 Å². The zero-order valence-electron chi connectivity index (χ0n) is 11.7. The molecule has 4 nitrogen and oxygen atoms in total. The van der Waals surface area contributed by atoms with Gasteiger partial charge in [0, 0.05) is 22.3 Å². The van der Waals surface area contributed by atoms with Crippen LogP contribution in [-0.4, -0.2) is 41.4 Å². The summed E-state index contributed by atoms with van der Waals surface area (Å²) in [6.07, 6.45) is 0. The van der Waals surface area contributed by atoms with Crippen LogP contribution in [0.15, 0.2) is 33.9 Å². The number of benzene rings is 1. The van der Waals surface area contributed by atoms with Crippen molar-refractivity contribution in [1.82, 2.24) is 4.90 Å². The number of ketones is 1. The van der Waals surface area contributed by atoms with E-state index in [1.165, 1.54) is 11.8 Å². The molecule has 0 aromatic heterocycles. The summed E-state index contributed by atoms with van der Waals surface area (Å²) < 4.78 is 0.902. The number of nitrogens with zero attached hydrogens (tertiary/aromatic N) is 2. The smallest absolute Gasteiger partial charge is 0.201 e. The number of hydrogen-bond acceptors (Lipinski definition) is 5. The summed E-state index contributed by atoms with van der Waals surface area (Å²) >= 11 is 4.62. The van der Waals surface area contributed by atoms with Crippen molar-refractivity contribution in [3.05, 3.63) is 39.2 Å². The highest BCUT2D eigenvalue weighted by Crippen LogP contribution is 2.19. The zero-order chi connectivity index (χ0) is 15.0. The summed E-state index contributed by atoms with van der Waals surface area (Å²) in [5.74, 6) is 0.498. The highest BCUT2D eigenvalue weighted by Gasteiger charge is 2.21. The Morgan fingerprint density at radius 1 is 1.30 bits per heavy atom. The van der Waals surface area contributed by atoms with Gasteiger partial charge in [-0.15, -0.1) is 16.7 Å². The molecule has 0 saturated carbocycles. The quantitative estimate of drug-likeness (QED) is 0.497. The SMILES string of the molecule is CCN(CC)CCSC(N=O)C(=O)c1ccc(Br)cc1. The van der Waals surface area contributed by atoms with Gasteiger partial charge in [-0.2, -0.15) is 0 Å². The standard InChI is InChI=1S/C14H19BrN2O2S/c1-3-17(4-2)9-10-20-14(16-19)13(18)11-5-7-12(15)8-6-11/h5-8,14H,3-4,9-10H2,1-2H3. The van der Waals surface area contributed by atoms with Gasteiger partial charge < -0.3 is 4.90 Å². The first-order valence-electron chi connectivity index (χ1n) is 6.58. The molecule has 1 aromatic rings. The van der Waals surface area contributed by atoms with Crippen LogP contribution < -0.4 is 0 Å². The summed E-state index contributed by atoms with van der Waals surface area (Å²) in [6, 6.07) is 6.98. The maximum atomic E-state index is 12.2. The van der Waals surface area contributed by atoms with Crippen LogP contribution in [0.5, 0.6) is 0 Å². The summed E-state index contributed by atoms with van der Waals surface area (Å²) in [4.78, 5) is 25.3. The Morgan fingerprint density at radius 3 is 2.40 bits per heavy atom. The van der Waals surface area contributed by atoms with Crippen LogP contribution in [0, 0.1) is 4.91 Å². The number of rotatable bonds is 9. The van der Waals surface area contributed by atoms with Crippen LogP contribution in [0.25, 0.3) is 0 Å². The molecule has 0 spiro atoms. The van der Waals surface area contributed by atoms with Crippen molar-refractivity contribution < 1.29 is 4.79 Å². The third-order valence-corrected chi connectivity index (χ3v) is 4.59. The van der Waals surface area contributed by atoms with E-state index in [0.717, 1.165) is 29.9 Å². The van der Waals surface area contributed by atoms with Crippen molar-refractivity contribution in [3.8, 4) is 0 Å². The van der Waals surface area contributed by atoms with Gasteiger partial charge in [-0.25, -0.2) is 0 Å². The molecular formula is C14H19BrN2O2S. The summed E-state index contributed by atoms with van der Waals surface area (Å²) in [6.45, 7) is 6.98. The number of nitroso groups, excluding NO2 is 1. The maximum Gasteiger partial charge on any atom is 0.201 e. The van der Waals surface area contributed by atoms with Crippen LogP contribution in [0.3, 0.4) is 0 Å². The van der Waals surface area contributed by atoms with Gasteiger partial charge in [0.1, 0.15) is 0 Å². The second-order valence-corrected chi connectivity index (χ2v) is 6.33. The van der Waals surface area contributed by atoms with Crippen molar-refractivity contribution >= 4 is 33.5 Å². The van der Waals surface area contributed by atoms with Gasteiger partial charge in [0.05, 0.1) is 0 Å². The van der Waals surface area contributed by atoms with Crippen molar-refractivity contribution in [3.63, 3.8) is 0 Å². The maximum absolute atomic E-state index is 12.2. The Bertz CT molecular complexity index is 435. The molecule has 0 fully saturated rings. The molecule has 0 N–H and O–H groups in total. The fourth-order valence-electron chi connectivity index (χ4n) is 1.74. The molecule has 1 rings (SSSR count). The molecule has 0 aliphatic carbocycles. The molecule has 6 heteroatoms. The van der Waals surface area contributed by atoms with Crippen LogP contribution in [0.4, 0.5) is 0 Å². The monoisotopic (exact) mass is 358 g/mol. The lowest BCUT2D eigenvalue weighted by Gasteiger charge is -2.18. The van der Waals surface area contributed by atoms with E-state index in [-0.39, 0.29) is 5.78 Å².